The Morgan fingerprint density at radius 2 is 1.88 bits per heavy atom. The molecule has 1 aromatic heterocycles. The lowest BCUT2D eigenvalue weighted by molar-refractivity contribution is -0.130. The van der Waals surface area contributed by atoms with Crippen LogP contribution in [0.4, 0.5) is 0 Å². The number of hydrogen-bond donors (Lipinski definition) is 1. The van der Waals surface area contributed by atoms with Gasteiger partial charge in [0.05, 0.1) is 6.20 Å². The molecule has 126 valence electrons. The molecule has 2 heterocycles. The minimum absolute atomic E-state index is 0.0426. The minimum atomic E-state index is -0.0426. The number of benzene rings is 1. The highest BCUT2D eigenvalue weighted by Crippen LogP contribution is 2.17. The minimum Gasteiger partial charge on any atom is -0.352 e. The molecule has 24 heavy (non-hydrogen) atoms. The van der Waals surface area contributed by atoms with Gasteiger partial charge >= 0.3 is 0 Å². The zero-order chi connectivity index (χ0) is 16.9. The van der Waals surface area contributed by atoms with Crippen molar-refractivity contribution < 1.29 is 9.59 Å². The molecule has 1 aliphatic rings. The van der Waals surface area contributed by atoms with Gasteiger partial charge in [0.1, 0.15) is 6.54 Å². The molecule has 1 saturated heterocycles. The lowest BCUT2D eigenvalue weighted by atomic mass is 10.1. The molecule has 0 saturated carbocycles. The van der Waals surface area contributed by atoms with E-state index in [1.807, 2.05) is 41.4 Å². The van der Waals surface area contributed by atoms with Crippen molar-refractivity contribution in [1.29, 1.82) is 0 Å². The lowest BCUT2D eigenvalue weighted by Crippen LogP contribution is -2.46. The van der Waals surface area contributed by atoms with Crippen LogP contribution in [0, 0.1) is 0 Å². The van der Waals surface area contributed by atoms with Crippen molar-refractivity contribution in [3.63, 3.8) is 0 Å². The summed E-state index contributed by atoms with van der Waals surface area (Å²) < 4.78 is 1.66. The Labute approximate surface area is 141 Å². The zero-order valence-electron chi connectivity index (χ0n) is 13.8. The molecule has 6 nitrogen and oxygen atoms in total. The van der Waals surface area contributed by atoms with Crippen molar-refractivity contribution in [3.8, 4) is 11.1 Å². The van der Waals surface area contributed by atoms with Gasteiger partial charge < -0.3 is 10.2 Å². The first-order chi connectivity index (χ1) is 11.6. The fraction of sp³-hybridized carbons (Fsp3) is 0.389. The van der Waals surface area contributed by atoms with Gasteiger partial charge in [-0.25, -0.2) is 0 Å². The first-order valence-corrected chi connectivity index (χ1v) is 8.24. The number of rotatable bonds is 4. The van der Waals surface area contributed by atoms with E-state index < -0.39 is 0 Å². The summed E-state index contributed by atoms with van der Waals surface area (Å²) in [6.07, 6.45) is 5.26. The Morgan fingerprint density at radius 1 is 1.17 bits per heavy atom. The third kappa shape index (κ3) is 4.01. The molecule has 2 aromatic rings. The van der Waals surface area contributed by atoms with Gasteiger partial charge in [-0.05, 0) is 18.4 Å². The maximum Gasteiger partial charge on any atom is 0.241 e. The van der Waals surface area contributed by atoms with E-state index in [0.29, 0.717) is 13.1 Å². The number of hydrogen-bond acceptors (Lipinski definition) is 3. The van der Waals surface area contributed by atoms with Gasteiger partial charge in [0.15, 0.2) is 0 Å². The fourth-order valence-corrected chi connectivity index (χ4v) is 2.99. The Bertz CT molecular complexity index is 703. The van der Waals surface area contributed by atoms with Crippen LogP contribution < -0.4 is 5.32 Å². The van der Waals surface area contributed by atoms with Gasteiger partial charge in [-0.2, -0.15) is 5.10 Å². The SMILES string of the molecule is CC(=O)N1CCC(NC(=O)Cn2cc(-c3ccccc3)cn2)CC1. The second kappa shape index (κ2) is 7.29. The standard InChI is InChI=1S/C18H22N4O2/c1-14(23)21-9-7-17(8-10-21)20-18(24)13-22-12-16(11-19-22)15-5-3-2-4-6-15/h2-6,11-12,17H,7-10,13H2,1H3,(H,20,24). The van der Waals surface area contributed by atoms with Gasteiger partial charge in [-0.1, -0.05) is 30.3 Å². The number of amides is 2. The number of nitrogens with one attached hydrogen (secondary N) is 1. The van der Waals surface area contributed by atoms with E-state index in [4.69, 9.17) is 0 Å². The number of aromatic nitrogens is 2. The van der Waals surface area contributed by atoms with Crippen LogP contribution in [0.1, 0.15) is 19.8 Å². The van der Waals surface area contributed by atoms with Crippen LogP contribution in [0.3, 0.4) is 0 Å². The molecule has 2 amide bonds. The molecule has 1 N–H and O–H groups in total. The predicted molar refractivity (Wildman–Crippen MR) is 91.1 cm³/mol. The number of piperidine rings is 1. The Kier molecular flexibility index (Phi) is 4.93. The molecule has 1 fully saturated rings. The highest BCUT2D eigenvalue weighted by molar-refractivity contribution is 5.76. The van der Waals surface area contributed by atoms with Gasteiger partial charge in [0.2, 0.25) is 11.8 Å². The molecule has 6 heteroatoms. The van der Waals surface area contributed by atoms with Crippen LogP contribution in [0.25, 0.3) is 11.1 Å². The van der Waals surface area contributed by atoms with Crippen molar-refractivity contribution in [1.82, 2.24) is 20.0 Å². The van der Waals surface area contributed by atoms with E-state index >= 15 is 0 Å². The Morgan fingerprint density at radius 3 is 2.54 bits per heavy atom. The van der Waals surface area contributed by atoms with Crippen LogP contribution >= 0.6 is 0 Å². The highest BCUT2D eigenvalue weighted by Gasteiger charge is 2.22. The van der Waals surface area contributed by atoms with Crippen molar-refractivity contribution in [2.24, 2.45) is 0 Å². The summed E-state index contributed by atoms with van der Waals surface area (Å²) in [7, 11) is 0. The smallest absolute Gasteiger partial charge is 0.241 e. The molecule has 3 rings (SSSR count). The molecule has 0 radical (unpaired) electrons. The van der Waals surface area contributed by atoms with E-state index in [2.05, 4.69) is 10.4 Å². The van der Waals surface area contributed by atoms with Crippen molar-refractivity contribution in [3.05, 3.63) is 42.7 Å². The molecule has 0 atom stereocenters. The van der Waals surface area contributed by atoms with E-state index in [1.165, 1.54) is 0 Å². The summed E-state index contributed by atoms with van der Waals surface area (Å²) in [5.74, 6) is 0.0590. The third-order valence-electron chi connectivity index (χ3n) is 4.35. The summed E-state index contributed by atoms with van der Waals surface area (Å²) in [4.78, 5) is 25.3. The molecule has 1 aliphatic heterocycles. The first kappa shape index (κ1) is 16.2. The average molecular weight is 326 g/mol. The largest absolute Gasteiger partial charge is 0.352 e. The van der Waals surface area contributed by atoms with Crippen molar-refractivity contribution in [2.45, 2.75) is 32.4 Å². The lowest BCUT2D eigenvalue weighted by Gasteiger charge is -2.31. The Balaban J connectivity index is 1.51. The summed E-state index contributed by atoms with van der Waals surface area (Å²) in [6, 6.07) is 10.1. The van der Waals surface area contributed by atoms with Crippen molar-refractivity contribution >= 4 is 11.8 Å². The quantitative estimate of drug-likeness (QED) is 0.929. The molecule has 1 aromatic carbocycles. The number of nitrogens with zero attached hydrogens (tertiary/aromatic N) is 3. The van der Waals surface area contributed by atoms with Crippen LogP contribution in [-0.2, 0) is 16.1 Å². The fourth-order valence-electron chi connectivity index (χ4n) is 2.99. The Hall–Kier alpha value is -2.63. The number of likely N-dealkylation sites (tertiary alicyclic amines) is 1. The van der Waals surface area contributed by atoms with Crippen LogP contribution in [0.2, 0.25) is 0 Å². The topological polar surface area (TPSA) is 67.2 Å². The van der Waals surface area contributed by atoms with Gasteiger partial charge in [0, 0.05) is 37.8 Å². The molecule has 0 unspecified atom stereocenters. The summed E-state index contributed by atoms with van der Waals surface area (Å²) >= 11 is 0. The summed E-state index contributed by atoms with van der Waals surface area (Å²) in [5.41, 5.74) is 2.08. The molecular formula is C18H22N4O2. The molecule has 0 aliphatic carbocycles. The van der Waals surface area contributed by atoms with Crippen LogP contribution in [0.15, 0.2) is 42.7 Å². The van der Waals surface area contributed by atoms with Crippen molar-refractivity contribution in [2.75, 3.05) is 13.1 Å². The van der Waals surface area contributed by atoms with E-state index in [9.17, 15) is 9.59 Å². The van der Waals surface area contributed by atoms with Gasteiger partial charge in [-0.3, -0.25) is 14.3 Å². The molecule has 0 bridgehead atoms. The van der Waals surface area contributed by atoms with E-state index in [-0.39, 0.29) is 24.4 Å². The zero-order valence-corrected chi connectivity index (χ0v) is 13.8. The van der Waals surface area contributed by atoms with E-state index in [0.717, 1.165) is 24.0 Å². The monoisotopic (exact) mass is 326 g/mol. The predicted octanol–water partition coefficient (Wildman–Crippen LogP) is 1.68. The summed E-state index contributed by atoms with van der Waals surface area (Å²) in [6.45, 7) is 3.21. The highest BCUT2D eigenvalue weighted by atomic mass is 16.2. The molecule has 0 spiro atoms. The second-order valence-electron chi connectivity index (χ2n) is 6.14. The molecular weight excluding hydrogens is 304 g/mol. The summed E-state index contributed by atoms with van der Waals surface area (Å²) in [5, 5.41) is 7.30. The normalized spacial score (nSPS) is 15.3. The van der Waals surface area contributed by atoms with Crippen LogP contribution in [-0.4, -0.2) is 45.6 Å². The number of carbonyl (C=O) groups is 2. The maximum atomic E-state index is 12.2. The third-order valence-corrected chi connectivity index (χ3v) is 4.35. The van der Waals surface area contributed by atoms with Gasteiger partial charge in [0.25, 0.3) is 0 Å². The maximum absolute atomic E-state index is 12.2. The first-order valence-electron chi connectivity index (χ1n) is 8.24. The number of carbonyl (C=O) groups excluding carboxylic acids is 2. The van der Waals surface area contributed by atoms with E-state index in [1.54, 1.807) is 17.8 Å². The second-order valence-corrected chi connectivity index (χ2v) is 6.14. The van der Waals surface area contributed by atoms with Crippen LogP contribution in [0.5, 0.6) is 0 Å². The van der Waals surface area contributed by atoms with Gasteiger partial charge in [-0.15, -0.1) is 0 Å². The average Bonchev–Trinajstić information content (AvgIpc) is 3.04.